The molecule has 1 rings (SSSR count). The zero-order chi connectivity index (χ0) is 7.78. The Morgan fingerprint density at radius 3 is 2.40 bits per heavy atom. The number of carbonyl (C=O) groups excluding carboxylic acids is 1. The molecule has 10 heavy (non-hydrogen) atoms. The molecule has 0 spiro atoms. The number of hydrogen-bond acceptors (Lipinski definition) is 2. The molecule has 0 unspecified atom stereocenters. The van der Waals surface area contributed by atoms with Gasteiger partial charge in [0.15, 0.2) is 0 Å². The number of hydrogen-bond donors (Lipinski definition) is 1. The average molecular weight is 143 g/mol. The molecule has 0 aromatic carbocycles. The van der Waals surface area contributed by atoms with Crippen LogP contribution in [0, 0.1) is 5.92 Å². The fourth-order valence-electron chi connectivity index (χ4n) is 1.10. The first-order valence-electron chi connectivity index (χ1n) is 3.50. The minimum absolute atomic E-state index is 0.240. The molecule has 1 aliphatic rings. The lowest BCUT2D eigenvalue weighted by Crippen LogP contribution is -2.63. The van der Waals surface area contributed by atoms with Crippen LogP contribution >= 0.6 is 0 Å². The van der Waals surface area contributed by atoms with Crippen LogP contribution in [-0.2, 0) is 4.79 Å². The molecule has 3 nitrogen and oxygen atoms in total. The Labute approximate surface area is 60.6 Å². The summed E-state index contributed by atoms with van der Waals surface area (Å²) in [5.74, 6) is 0.240. The predicted octanol–water partition coefficient (Wildman–Crippen LogP) is -0.155. The summed E-state index contributed by atoms with van der Waals surface area (Å²) in [6.07, 6.45) is 0.775. The van der Waals surface area contributed by atoms with Crippen molar-refractivity contribution in [3.05, 3.63) is 0 Å². The second-order valence-electron chi connectivity index (χ2n) is 3.27. The van der Waals surface area contributed by atoms with E-state index in [2.05, 4.69) is 0 Å². The van der Waals surface area contributed by atoms with E-state index in [1.807, 2.05) is 13.8 Å². The summed E-state index contributed by atoms with van der Waals surface area (Å²) in [5.41, 5.74) is -0.610. The van der Waals surface area contributed by atoms with Crippen LogP contribution in [0.25, 0.3) is 0 Å². The van der Waals surface area contributed by atoms with E-state index in [4.69, 9.17) is 0 Å². The Morgan fingerprint density at radius 1 is 1.60 bits per heavy atom. The second-order valence-corrected chi connectivity index (χ2v) is 3.27. The van der Waals surface area contributed by atoms with Crippen molar-refractivity contribution in [3.8, 4) is 0 Å². The zero-order valence-electron chi connectivity index (χ0n) is 6.37. The molecule has 0 aromatic heterocycles. The van der Waals surface area contributed by atoms with Crippen LogP contribution in [0.15, 0.2) is 0 Å². The maximum atomic E-state index is 10.1. The van der Waals surface area contributed by atoms with Gasteiger partial charge in [0.2, 0.25) is 6.41 Å². The maximum absolute atomic E-state index is 10.1. The third-order valence-corrected chi connectivity index (χ3v) is 2.18. The van der Waals surface area contributed by atoms with Gasteiger partial charge in [0.05, 0.1) is 13.1 Å². The first-order chi connectivity index (χ1) is 4.58. The molecule has 1 saturated heterocycles. The summed E-state index contributed by atoms with van der Waals surface area (Å²) in [4.78, 5) is 11.7. The fourth-order valence-corrected chi connectivity index (χ4v) is 1.10. The SMILES string of the molecule is CC(C)C1(O)CN(C=O)C1. The van der Waals surface area contributed by atoms with Crippen molar-refractivity contribution in [2.45, 2.75) is 19.4 Å². The lowest BCUT2D eigenvalue weighted by Gasteiger charge is -2.47. The number of rotatable bonds is 2. The molecule has 0 aliphatic carbocycles. The molecule has 1 amide bonds. The standard InChI is InChI=1S/C7H13NO2/c1-6(2)7(10)3-8(4-7)5-9/h5-6,10H,3-4H2,1-2H3. The lowest BCUT2D eigenvalue weighted by atomic mass is 9.83. The Kier molecular flexibility index (Phi) is 1.68. The van der Waals surface area contributed by atoms with E-state index in [-0.39, 0.29) is 5.92 Å². The highest BCUT2D eigenvalue weighted by Crippen LogP contribution is 2.26. The van der Waals surface area contributed by atoms with E-state index in [1.54, 1.807) is 4.90 Å². The highest BCUT2D eigenvalue weighted by Gasteiger charge is 2.42. The van der Waals surface area contributed by atoms with Crippen LogP contribution in [0.3, 0.4) is 0 Å². The highest BCUT2D eigenvalue weighted by atomic mass is 16.3. The van der Waals surface area contributed by atoms with Crippen LogP contribution in [0.4, 0.5) is 0 Å². The summed E-state index contributed by atoms with van der Waals surface area (Å²) in [5, 5.41) is 9.59. The molecule has 0 saturated carbocycles. The van der Waals surface area contributed by atoms with Crippen molar-refractivity contribution < 1.29 is 9.90 Å². The number of aliphatic hydroxyl groups is 1. The molecule has 0 bridgehead atoms. The van der Waals surface area contributed by atoms with Crippen molar-refractivity contribution in [2.24, 2.45) is 5.92 Å². The average Bonchev–Trinajstić information content (AvgIpc) is 1.80. The quantitative estimate of drug-likeness (QED) is 0.546. The molecule has 58 valence electrons. The monoisotopic (exact) mass is 143 g/mol. The Morgan fingerprint density at radius 2 is 2.10 bits per heavy atom. The molecule has 1 aliphatic heterocycles. The first kappa shape index (κ1) is 7.54. The smallest absolute Gasteiger partial charge is 0.209 e. The Bertz CT molecular complexity index is 139. The highest BCUT2D eigenvalue weighted by molar-refractivity contribution is 5.49. The largest absolute Gasteiger partial charge is 0.386 e. The van der Waals surface area contributed by atoms with Crippen LogP contribution in [-0.4, -0.2) is 35.1 Å². The van der Waals surface area contributed by atoms with Gasteiger partial charge in [0.25, 0.3) is 0 Å². The van der Waals surface area contributed by atoms with Crippen molar-refractivity contribution >= 4 is 6.41 Å². The molecular weight excluding hydrogens is 130 g/mol. The molecule has 1 heterocycles. The summed E-state index contributed by atoms with van der Waals surface area (Å²) in [7, 11) is 0. The van der Waals surface area contributed by atoms with Crippen molar-refractivity contribution in [3.63, 3.8) is 0 Å². The molecule has 1 fully saturated rings. The van der Waals surface area contributed by atoms with Gasteiger partial charge in [-0.1, -0.05) is 13.8 Å². The second kappa shape index (κ2) is 2.23. The van der Waals surface area contributed by atoms with Crippen molar-refractivity contribution in [1.82, 2.24) is 4.90 Å². The summed E-state index contributed by atoms with van der Waals surface area (Å²) < 4.78 is 0. The molecule has 3 heteroatoms. The van der Waals surface area contributed by atoms with E-state index in [0.717, 1.165) is 6.41 Å². The van der Waals surface area contributed by atoms with Gasteiger partial charge in [-0.15, -0.1) is 0 Å². The van der Waals surface area contributed by atoms with E-state index < -0.39 is 5.60 Å². The van der Waals surface area contributed by atoms with Crippen LogP contribution in [0.5, 0.6) is 0 Å². The molecular formula is C7H13NO2. The zero-order valence-corrected chi connectivity index (χ0v) is 6.37. The van der Waals surface area contributed by atoms with Crippen LogP contribution in [0.1, 0.15) is 13.8 Å². The van der Waals surface area contributed by atoms with Gasteiger partial charge >= 0.3 is 0 Å². The molecule has 0 atom stereocenters. The van der Waals surface area contributed by atoms with E-state index in [0.29, 0.717) is 13.1 Å². The molecule has 0 radical (unpaired) electrons. The maximum Gasteiger partial charge on any atom is 0.209 e. The predicted molar refractivity (Wildman–Crippen MR) is 37.4 cm³/mol. The van der Waals surface area contributed by atoms with Crippen molar-refractivity contribution in [2.75, 3.05) is 13.1 Å². The van der Waals surface area contributed by atoms with Gasteiger partial charge in [0.1, 0.15) is 5.60 Å². The lowest BCUT2D eigenvalue weighted by molar-refractivity contribution is -0.151. The van der Waals surface area contributed by atoms with Crippen LogP contribution in [0.2, 0.25) is 0 Å². The Hall–Kier alpha value is -0.570. The Balaban J connectivity index is 2.41. The topological polar surface area (TPSA) is 40.5 Å². The van der Waals surface area contributed by atoms with Gasteiger partial charge in [-0.25, -0.2) is 0 Å². The third-order valence-electron chi connectivity index (χ3n) is 2.18. The number of nitrogens with zero attached hydrogens (tertiary/aromatic N) is 1. The summed E-state index contributed by atoms with van der Waals surface area (Å²) in [6.45, 7) is 4.91. The normalized spacial score (nSPS) is 22.6. The van der Waals surface area contributed by atoms with Crippen molar-refractivity contribution in [1.29, 1.82) is 0 Å². The number of β-amino-alcohol motifs (C(OH)–C–C–N with tert-alkyl or cyclic N) is 1. The van der Waals surface area contributed by atoms with Gasteiger partial charge in [-0.05, 0) is 5.92 Å². The summed E-state index contributed by atoms with van der Waals surface area (Å²) >= 11 is 0. The van der Waals surface area contributed by atoms with Gasteiger partial charge in [0, 0.05) is 0 Å². The minimum Gasteiger partial charge on any atom is -0.386 e. The number of amides is 1. The van der Waals surface area contributed by atoms with Gasteiger partial charge < -0.3 is 10.0 Å². The molecule has 0 aromatic rings. The minimum atomic E-state index is -0.610. The molecule has 1 N–H and O–H groups in total. The first-order valence-corrected chi connectivity index (χ1v) is 3.50. The number of carbonyl (C=O) groups is 1. The van der Waals surface area contributed by atoms with Gasteiger partial charge in [-0.3, -0.25) is 4.79 Å². The fraction of sp³-hybridized carbons (Fsp3) is 0.857. The summed E-state index contributed by atoms with van der Waals surface area (Å²) in [6, 6.07) is 0. The van der Waals surface area contributed by atoms with E-state index in [1.165, 1.54) is 0 Å². The van der Waals surface area contributed by atoms with Crippen LogP contribution < -0.4 is 0 Å². The van der Waals surface area contributed by atoms with E-state index >= 15 is 0 Å². The van der Waals surface area contributed by atoms with E-state index in [9.17, 15) is 9.90 Å². The third kappa shape index (κ3) is 1.01. The number of likely N-dealkylation sites (tertiary alicyclic amines) is 1. The van der Waals surface area contributed by atoms with Gasteiger partial charge in [-0.2, -0.15) is 0 Å².